The summed E-state index contributed by atoms with van der Waals surface area (Å²) in [7, 11) is 0. The first kappa shape index (κ1) is 14.7. The summed E-state index contributed by atoms with van der Waals surface area (Å²) < 4.78 is 5.73. The van der Waals surface area contributed by atoms with E-state index in [4.69, 9.17) is 16.3 Å². The lowest BCUT2D eigenvalue weighted by Crippen LogP contribution is -2.32. The highest BCUT2D eigenvalue weighted by atomic mass is 35.5. The van der Waals surface area contributed by atoms with Crippen molar-refractivity contribution in [2.75, 3.05) is 13.2 Å². The van der Waals surface area contributed by atoms with Gasteiger partial charge in [-0.1, -0.05) is 30.9 Å². The zero-order chi connectivity index (χ0) is 13.5. The molecule has 0 spiro atoms. The van der Waals surface area contributed by atoms with Crippen LogP contribution < -0.4 is 10.1 Å². The van der Waals surface area contributed by atoms with Gasteiger partial charge in [-0.3, -0.25) is 0 Å². The van der Waals surface area contributed by atoms with Gasteiger partial charge < -0.3 is 10.1 Å². The largest absolute Gasteiger partial charge is 0.494 e. The molecule has 0 aliphatic heterocycles. The quantitative estimate of drug-likeness (QED) is 0.783. The molecular formula is C16H24ClNO. The average Bonchev–Trinajstić information content (AvgIpc) is 2.43. The molecule has 1 saturated carbocycles. The molecule has 106 valence electrons. The van der Waals surface area contributed by atoms with Crippen LogP contribution in [-0.2, 0) is 0 Å². The molecule has 0 amide bonds. The number of hydrogen-bond donors (Lipinski definition) is 1. The van der Waals surface area contributed by atoms with Gasteiger partial charge in [-0.25, -0.2) is 0 Å². The highest BCUT2D eigenvalue weighted by molar-refractivity contribution is 6.31. The van der Waals surface area contributed by atoms with Crippen LogP contribution in [0.4, 0.5) is 0 Å². The molecule has 1 aromatic carbocycles. The fraction of sp³-hybridized carbons (Fsp3) is 0.625. The molecule has 1 fully saturated rings. The summed E-state index contributed by atoms with van der Waals surface area (Å²) in [5.74, 6) is 0.916. The van der Waals surface area contributed by atoms with Crippen LogP contribution in [0.1, 0.15) is 44.1 Å². The third-order valence-corrected chi connectivity index (χ3v) is 4.18. The van der Waals surface area contributed by atoms with E-state index in [1.165, 1.54) is 32.1 Å². The molecule has 0 bridgehead atoms. The molecule has 1 aliphatic carbocycles. The minimum Gasteiger partial charge on any atom is -0.494 e. The molecule has 3 heteroatoms. The van der Waals surface area contributed by atoms with E-state index in [2.05, 4.69) is 5.32 Å². The molecule has 0 atom stereocenters. The number of nitrogens with one attached hydrogen (secondary N) is 1. The van der Waals surface area contributed by atoms with Gasteiger partial charge in [0, 0.05) is 11.1 Å². The van der Waals surface area contributed by atoms with Crippen LogP contribution in [0, 0.1) is 6.92 Å². The van der Waals surface area contributed by atoms with Crippen LogP contribution in [0.5, 0.6) is 5.75 Å². The number of ether oxygens (including phenoxy) is 1. The summed E-state index contributed by atoms with van der Waals surface area (Å²) >= 11 is 5.98. The predicted octanol–water partition coefficient (Wildman–Crippen LogP) is 4.34. The third kappa shape index (κ3) is 5.04. The Morgan fingerprint density at radius 2 is 2.05 bits per heavy atom. The van der Waals surface area contributed by atoms with Crippen molar-refractivity contribution in [3.63, 3.8) is 0 Å². The molecule has 0 unspecified atom stereocenters. The van der Waals surface area contributed by atoms with Gasteiger partial charge in [0.15, 0.2) is 0 Å². The molecule has 19 heavy (non-hydrogen) atoms. The van der Waals surface area contributed by atoms with Crippen molar-refractivity contribution in [1.82, 2.24) is 5.32 Å². The summed E-state index contributed by atoms with van der Waals surface area (Å²) in [6.45, 7) is 3.82. The topological polar surface area (TPSA) is 21.3 Å². The van der Waals surface area contributed by atoms with E-state index in [1.807, 2.05) is 25.1 Å². The fourth-order valence-electron chi connectivity index (χ4n) is 2.58. The maximum absolute atomic E-state index is 5.98. The van der Waals surface area contributed by atoms with E-state index >= 15 is 0 Å². The fourth-order valence-corrected chi connectivity index (χ4v) is 2.70. The lowest BCUT2D eigenvalue weighted by Gasteiger charge is -2.22. The Kier molecular flexibility index (Phi) is 5.99. The van der Waals surface area contributed by atoms with E-state index in [0.29, 0.717) is 0 Å². The van der Waals surface area contributed by atoms with Crippen molar-refractivity contribution < 1.29 is 4.74 Å². The summed E-state index contributed by atoms with van der Waals surface area (Å²) in [5.41, 5.74) is 1.07. The summed E-state index contributed by atoms with van der Waals surface area (Å²) in [6, 6.07) is 6.57. The smallest absolute Gasteiger partial charge is 0.119 e. The Balaban J connectivity index is 1.59. The minimum absolute atomic E-state index is 0.742. The molecule has 1 aliphatic rings. The van der Waals surface area contributed by atoms with Crippen LogP contribution in [0.3, 0.4) is 0 Å². The third-order valence-electron chi connectivity index (χ3n) is 3.76. The Bertz CT molecular complexity index is 388. The molecule has 2 nitrogen and oxygen atoms in total. The SMILES string of the molecule is Cc1cc(OCCCNC2CCCCC2)ccc1Cl. The van der Waals surface area contributed by atoms with Gasteiger partial charge in [0.2, 0.25) is 0 Å². The summed E-state index contributed by atoms with van der Waals surface area (Å²) in [5, 5.41) is 4.42. The van der Waals surface area contributed by atoms with Gasteiger partial charge in [0.25, 0.3) is 0 Å². The van der Waals surface area contributed by atoms with E-state index in [-0.39, 0.29) is 0 Å². The number of hydrogen-bond acceptors (Lipinski definition) is 2. The van der Waals surface area contributed by atoms with Crippen molar-refractivity contribution in [2.45, 2.75) is 51.5 Å². The van der Waals surface area contributed by atoms with E-state index < -0.39 is 0 Å². The number of aryl methyl sites for hydroxylation is 1. The van der Waals surface area contributed by atoms with Crippen molar-refractivity contribution in [3.8, 4) is 5.75 Å². The second-order valence-corrected chi connectivity index (χ2v) is 5.81. The molecule has 0 radical (unpaired) electrons. The van der Waals surface area contributed by atoms with Crippen LogP contribution in [-0.4, -0.2) is 19.2 Å². The monoisotopic (exact) mass is 281 g/mol. The summed E-state index contributed by atoms with van der Waals surface area (Å²) in [4.78, 5) is 0. The Morgan fingerprint density at radius 3 is 2.79 bits per heavy atom. The van der Waals surface area contributed by atoms with Gasteiger partial charge in [0.05, 0.1) is 6.61 Å². The Labute approximate surface area is 121 Å². The minimum atomic E-state index is 0.742. The van der Waals surface area contributed by atoms with Gasteiger partial charge in [-0.15, -0.1) is 0 Å². The number of benzene rings is 1. The van der Waals surface area contributed by atoms with Crippen molar-refractivity contribution >= 4 is 11.6 Å². The highest BCUT2D eigenvalue weighted by Gasteiger charge is 2.11. The molecule has 2 rings (SSSR count). The summed E-state index contributed by atoms with van der Waals surface area (Å²) in [6.07, 6.45) is 7.93. The first-order valence-electron chi connectivity index (χ1n) is 7.38. The standard InChI is InChI=1S/C16H24ClNO/c1-13-12-15(8-9-16(13)17)19-11-5-10-18-14-6-3-2-4-7-14/h8-9,12,14,18H,2-7,10-11H2,1H3. The van der Waals surface area contributed by atoms with Gasteiger partial charge >= 0.3 is 0 Å². The second-order valence-electron chi connectivity index (χ2n) is 5.40. The van der Waals surface area contributed by atoms with Crippen LogP contribution in [0.25, 0.3) is 0 Å². The molecule has 0 heterocycles. The normalized spacial score (nSPS) is 16.5. The van der Waals surface area contributed by atoms with Gasteiger partial charge in [0.1, 0.15) is 5.75 Å². The maximum Gasteiger partial charge on any atom is 0.119 e. The van der Waals surface area contributed by atoms with E-state index in [9.17, 15) is 0 Å². The average molecular weight is 282 g/mol. The van der Waals surface area contributed by atoms with Gasteiger partial charge in [-0.2, -0.15) is 0 Å². The molecular weight excluding hydrogens is 258 g/mol. The van der Waals surface area contributed by atoms with Crippen LogP contribution in [0.15, 0.2) is 18.2 Å². The lowest BCUT2D eigenvalue weighted by molar-refractivity contribution is 0.296. The molecule has 0 saturated heterocycles. The Morgan fingerprint density at radius 1 is 1.26 bits per heavy atom. The number of halogens is 1. The molecule has 1 aromatic rings. The van der Waals surface area contributed by atoms with Crippen LogP contribution in [0.2, 0.25) is 5.02 Å². The van der Waals surface area contributed by atoms with Crippen molar-refractivity contribution in [1.29, 1.82) is 0 Å². The first-order chi connectivity index (χ1) is 9.25. The Hall–Kier alpha value is -0.730. The first-order valence-corrected chi connectivity index (χ1v) is 7.76. The predicted molar refractivity (Wildman–Crippen MR) is 81.2 cm³/mol. The molecule has 1 N–H and O–H groups in total. The van der Waals surface area contributed by atoms with Gasteiger partial charge in [-0.05, 0) is 56.5 Å². The second kappa shape index (κ2) is 7.76. The zero-order valence-electron chi connectivity index (χ0n) is 11.8. The highest BCUT2D eigenvalue weighted by Crippen LogP contribution is 2.21. The van der Waals surface area contributed by atoms with E-state index in [0.717, 1.165) is 41.9 Å². The van der Waals surface area contributed by atoms with Crippen LogP contribution >= 0.6 is 11.6 Å². The van der Waals surface area contributed by atoms with E-state index in [1.54, 1.807) is 0 Å². The van der Waals surface area contributed by atoms with Crippen molar-refractivity contribution in [2.24, 2.45) is 0 Å². The number of rotatable bonds is 6. The van der Waals surface area contributed by atoms with Crippen molar-refractivity contribution in [3.05, 3.63) is 28.8 Å². The lowest BCUT2D eigenvalue weighted by atomic mass is 9.95. The maximum atomic E-state index is 5.98. The molecule has 0 aromatic heterocycles. The zero-order valence-corrected chi connectivity index (χ0v) is 12.5.